The van der Waals surface area contributed by atoms with Crippen molar-refractivity contribution in [1.29, 1.82) is 0 Å². The fourth-order valence-corrected chi connectivity index (χ4v) is 4.02. The second-order valence-corrected chi connectivity index (χ2v) is 7.20. The Bertz CT molecular complexity index is 560. The van der Waals surface area contributed by atoms with Crippen LogP contribution < -0.4 is 10.6 Å². The van der Waals surface area contributed by atoms with Crippen molar-refractivity contribution >= 4 is 5.96 Å². The van der Waals surface area contributed by atoms with Crippen LogP contribution in [0.5, 0.6) is 0 Å². The highest BCUT2D eigenvalue weighted by Gasteiger charge is 2.30. The molecule has 1 saturated carbocycles. The van der Waals surface area contributed by atoms with Crippen molar-refractivity contribution in [1.82, 2.24) is 15.5 Å². The van der Waals surface area contributed by atoms with Crippen molar-refractivity contribution in [2.75, 3.05) is 19.6 Å². The van der Waals surface area contributed by atoms with Gasteiger partial charge in [-0.25, -0.2) is 4.99 Å². The summed E-state index contributed by atoms with van der Waals surface area (Å²) in [6.45, 7) is 10.0. The third-order valence-electron chi connectivity index (χ3n) is 5.30. The maximum Gasteiger partial charge on any atom is 0.191 e. The zero-order chi connectivity index (χ0) is 16.9. The molecule has 0 radical (unpaired) electrons. The predicted molar refractivity (Wildman–Crippen MR) is 98.4 cm³/mol. The smallest absolute Gasteiger partial charge is 0.191 e. The normalized spacial score (nSPS) is 23.1. The number of furan rings is 1. The first-order valence-corrected chi connectivity index (χ1v) is 9.50. The van der Waals surface area contributed by atoms with Gasteiger partial charge in [0.25, 0.3) is 0 Å². The molecule has 1 unspecified atom stereocenters. The lowest BCUT2D eigenvalue weighted by Crippen LogP contribution is -2.45. The first-order valence-electron chi connectivity index (χ1n) is 9.50. The molecule has 2 N–H and O–H groups in total. The molecule has 24 heavy (non-hydrogen) atoms. The number of nitrogens with zero attached hydrogens (tertiary/aromatic N) is 2. The number of likely N-dealkylation sites (tertiary alicyclic amines) is 1. The molecular formula is C19H32N4O. The van der Waals surface area contributed by atoms with Crippen LogP contribution in [0.25, 0.3) is 0 Å². The molecule has 1 aromatic heterocycles. The Labute approximate surface area is 145 Å². The fourth-order valence-electron chi connectivity index (χ4n) is 4.02. The Kier molecular flexibility index (Phi) is 5.82. The lowest BCUT2D eigenvalue weighted by molar-refractivity contribution is 0.242. The molecule has 1 aromatic rings. The van der Waals surface area contributed by atoms with Gasteiger partial charge < -0.3 is 15.1 Å². The maximum absolute atomic E-state index is 5.59. The summed E-state index contributed by atoms with van der Waals surface area (Å²) >= 11 is 0. The molecule has 0 spiro atoms. The van der Waals surface area contributed by atoms with Gasteiger partial charge in [-0.05, 0) is 46.1 Å². The van der Waals surface area contributed by atoms with E-state index in [1.54, 1.807) is 0 Å². The molecule has 1 saturated heterocycles. The standard InChI is InChI=1S/C19H32N4O/c1-4-20-19(21-12-16-11-14(2)24-15(16)3)22-17-9-10-23(13-17)18-7-5-6-8-18/h11,17-18H,4-10,12-13H2,1-3H3,(H2,20,21,22). The summed E-state index contributed by atoms with van der Waals surface area (Å²) in [6, 6.07) is 3.42. The first-order chi connectivity index (χ1) is 11.7. The third kappa shape index (κ3) is 4.32. The van der Waals surface area contributed by atoms with Crippen LogP contribution in [0.15, 0.2) is 15.5 Å². The summed E-state index contributed by atoms with van der Waals surface area (Å²) in [6.07, 6.45) is 6.81. The second-order valence-electron chi connectivity index (χ2n) is 7.20. The largest absolute Gasteiger partial charge is 0.466 e. The van der Waals surface area contributed by atoms with Gasteiger partial charge in [0.1, 0.15) is 11.5 Å². The molecule has 2 heterocycles. The van der Waals surface area contributed by atoms with Gasteiger partial charge in [-0.3, -0.25) is 4.90 Å². The van der Waals surface area contributed by atoms with Gasteiger partial charge in [0.15, 0.2) is 5.96 Å². The van der Waals surface area contributed by atoms with E-state index in [4.69, 9.17) is 9.41 Å². The molecule has 0 amide bonds. The molecule has 3 rings (SSSR count). The van der Waals surface area contributed by atoms with Crippen molar-refractivity contribution in [3.8, 4) is 0 Å². The van der Waals surface area contributed by atoms with E-state index < -0.39 is 0 Å². The molecule has 1 aliphatic heterocycles. The molecule has 2 fully saturated rings. The van der Waals surface area contributed by atoms with Crippen LogP contribution in [0.1, 0.15) is 56.1 Å². The Balaban J connectivity index is 1.55. The molecular weight excluding hydrogens is 300 g/mol. The molecule has 1 atom stereocenters. The van der Waals surface area contributed by atoms with Crippen LogP contribution in [0, 0.1) is 13.8 Å². The Hall–Kier alpha value is -1.49. The minimum absolute atomic E-state index is 0.510. The highest BCUT2D eigenvalue weighted by Crippen LogP contribution is 2.26. The summed E-state index contributed by atoms with van der Waals surface area (Å²) in [4.78, 5) is 7.44. The number of hydrogen-bond donors (Lipinski definition) is 2. The summed E-state index contributed by atoms with van der Waals surface area (Å²) in [5.74, 6) is 2.85. The van der Waals surface area contributed by atoms with Gasteiger partial charge >= 0.3 is 0 Å². The van der Waals surface area contributed by atoms with Crippen molar-refractivity contribution < 1.29 is 4.42 Å². The molecule has 0 bridgehead atoms. The molecule has 2 aliphatic rings. The van der Waals surface area contributed by atoms with Gasteiger partial charge in [0, 0.05) is 37.3 Å². The number of hydrogen-bond acceptors (Lipinski definition) is 3. The molecule has 134 valence electrons. The summed E-state index contributed by atoms with van der Waals surface area (Å²) in [5.41, 5.74) is 1.17. The van der Waals surface area contributed by atoms with Crippen molar-refractivity contribution in [3.63, 3.8) is 0 Å². The molecule has 1 aliphatic carbocycles. The molecule has 5 heteroatoms. The summed E-state index contributed by atoms with van der Waals surface area (Å²) < 4.78 is 5.59. The molecule has 5 nitrogen and oxygen atoms in total. The monoisotopic (exact) mass is 332 g/mol. The van der Waals surface area contributed by atoms with E-state index in [9.17, 15) is 0 Å². The third-order valence-corrected chi connectivity index (χ3v) is 5.30. The summed E-state index contributed by atoms with van der Waals surface area (Å²) in [7, 11) is 0. The highest BCUT2D eigenvalue weighted by atomic mass is 16.3. The van der Waals surface area contributed by atoms with E-state index in [2.05, 4.69) is 28.5 Å². The van der Waals surface area contributed by atoms with Gasteiger partial charge in [-0.1, -0.05) is 12.8 Å². The van der Waals surface area contributed by atoms with Gasteiger partial charge in [-0.15, -0.1) is 0 Å². The number of nitrogens with one attached hydrogen (secondary N) is 2. The van der Waals surface area contributed by atoms with E-state index >= 15 is 0 Å². The Morgan fingerprint density at radius 3 is 2.75 bits per heavy atom. The average molecular weight is 332 g/mol. The zero-order valence-corrected chi connectivity index (χ0v) is 15.4. The van der Waals surface area contributed by atoms with Crippen LogP contribution in [0.3, 0.4) is 0 Å². The average Bonchev–Trinajstić information content (AvgIpc) is 3.26. The first kappa shape index (κ1) is 17.3. The Morgan fingerprint density at radius 2 is 2.08 bits per heavy atom. The van der Waals surface area contributed by atoms with Crippen LogP contribution in [0.2, 0.25) is 0 Å². The quantitative estimate of drug-likeness (QED) is 0.643. The van der Waals surface area contributed by atoms with Crippen molar-refractivity contribution in [2.24, 2.45) is 4.99 Å². The van der Waals surface area contributed by atoms with Gasteiger partial charge in [0.2, 0.25) is 0 Å². The van der Waals surface area contributed by atoms with E-state index in [0.29, 0.717) is 12.6 Å². The lowest BCUT2D eigenvalue weighted by Gasteiger charge is -2.24. The van der Waals surface area contributed by atoms with Crippen LogP contribution >= 0.6 is 0 Å². The number of aliphatic imine (C=N–C) groups is 1. The fraction of sp³-hybridized carbons (Fsp3) is 0.737. The lowest BCUT2D eigenvalue weighted by atomic mass is 10.2. The molecule has 0 aromatic carbocycles. The predicted octanol–water partition coefficient (Wildman–Crippen LogP) is 2.97. The Morgan fingerprint density at radius 1 is 1.29 bits per heavy atom. The number of rotatable bonds is 5. The number of aryl methyl sites for hydroxylation is 2. The minimum atomic E-state index is 0.510. The maximum atomic E-state index is 5.59. The minimum Gasteiger partial charge on any atom is -0.466 e. The number of guanidine groups is 1. The SMILES string of the molecule is CCNC(=NCc1cc(C)oc1C)NC1CCN(C2CCCC2)C1. The van der Waals surface area contributed by atoms with E-state index in [-0.39, 0.29) is 0 Å². The second kappa shape index (κ2) is 8.06. The van der Waals surface area contributed by atoms with E-state index in [1.165, 1.54) is 44.2 Å². The van der Waals surface area contributed by atoms with E-state index in [1.807, 2.05) is 13.8 Å². The van der Waals surface area contributed by atoms with E-state index in [0.717, 1.165) is 36.6 Å². The van der Waals surface area contributed by atoms with Crippen molar-refractivity contribution in [3.05, 3.63) is 23.2 Å². The highest BCUT2D eigenvalue weighted by molar-refractivity contribution is 5.80. The summed E-state index contributed by atoms with van der Waals surface area (Å²) in [5, 5.41) is 7.01. The van der Waals surface area contributed by atoms with Crippen LogP contribution in [0.4, 0.5) is 0 Å². The zero-order valence-electron chi connectivity index (χ0n) is 15.4. The van der Waals surface area contributed by atoms with Crippen LogP contribution in [-0.2, 0) is 6.54 Å². The van der Waals surface area contributed by atoms with Crippen molar-refractivity contribution in [2.45, 2.75) is 71.5 Å². The van der Waals surface area contributed by atoms with Gasteiger partial charge in [-0.2, -0.15) is 0 Å². The van der Waals surface area contributed by atoms with Crippen LogP contribution in [-0.4, -0.2) is 42.6 Å². The topological polar surface area (TPSA) is 52.8 Å². The van der Waals surface area contributed by atoms with Gasteiger partial charge in [0.05, 0.1) is 6.54 Å².